The van der Waals surface area contributed by atoms with Crippen molar-refractivity contribution in [3.05, 3.63) is 41.7 Å². The van der Waals surface area contributed by atoms with Crippen molar-refractivity contribution >= 4 is 29.4 Å². The number of amides is 2. The highest BCUT2D eigenvalue weighted by Crippen LogP contribution is 2.26. The molecule has 1 unspecified atom stereocenters. The van der Waals surface area contributed by atoms with Gasteiger partial charge in [0, 0.05) is 18.5 Å². The first-order chi connectivity index (χ1) is 12.6. The van der Waals surface area contributed by atoms with Crippen molar-refractivity contribution in [2.24, 2.45) is 5.92 Å². The lowest BCUT2D eigenvalue weighted by Gasteiger charge is -2.25. The second-order valence-corrected chi connectivity index (χ2v) is 7.14. The molecule has 1 atom stereocenters. The number of hydrogen-bond donors (Lipinski definition) is 2. The molecular formula is C18H21N3O4S. The fourth-order valence-electron chi connectivity index (χ4n) is 2.67. The quantitative estimate of drug-likeness (QED) is 0.769. The number of fused-ring (bicyclic) bond motifs is 1. The second-order valence-electron chi connectivity index (χ2n) is 6.16. The third kappa shape index (κ3) is 5.26. The Hall–Kier alpha value is -2.48. The van der Waals surface area contributed by atoms with Crippen LogP contribution in [-0.2, 0) is 16.0 Å². The first kappa shape index (κ1) is 18.3. The molecule has 1 aliphatic heterocycles. The molecule has 1 aromatic carbocycles. The minimum Gasteiger partial charge on any atom is -0.493 e. The van der Waals surface area contributed by atoms with E-state index in [0.29, 0.717) is 24.7 Å². The number of nitrogens with zero attached hydrogens (tertiary/aromatic N) is 1. The second kappa shape index (κ2) is 8.75. The van der Waals surface area contributed by atoms with Gasteiger partial charge < -0.3 is 19.9 Å². The number of carbonyl (C=O) groups excluding carboxylic acids is 2. The molecule has 0 saturated carbocycles. The number of hydrogen-bond acceptors (Lipinski definition) is 6. The monoisotopic (exact) mass is 375 g/mol. The SMILES string of the molecule is Cc1cc(NC(=O)CSCC(=O)NCC2COc3ccccc3C2)no1. The Balaban J connectivity index is 1.31. The maximum Gasteiger partial charge on any atom is 0.235 e. The fourth-order valence-corrected chi connectivity index (χ4v) is 3.32. The molecule has 0 radical (unpaired) electrons. The first-order valence-corrected chi connectivity index (χ1v) is 9.54. The summed E-state index contributed by atoms with van der Waals surface area (Å²) in [7, 11) is 0. The maximum atomic E-state index is 11.9. The number of para-hydroxylation sites is 1. The van der Waals surface area contributed by atoms with Crippen LogP contribution >= 0.6 is 11.8 Å². The topological polar surface area (TPSA) is 93.5 Å². The Kier molecular flexibility index (Phi) is 6.17. The van der Waals surface area contributed by atoms with E-state index >= 15 is 0 Å². The molecule has 3 rings (SSSR count). The Labute approximate surface area is 155 Å². The van der Waals surface area contributed by atoms with Gasteiger partial charge >= 0.3 is 0 Å². The van der Waals surface area contributed by atoms with Crippen LogP contribution in [0.1, 0.15) is 11.3 Å². The van der Waals surface area contributed by atoms with Gasteiger partial charge in [-0.15, -0.1) is 11.8 Å². The van der Waals surface area contributed by atoms with Gasteiger partial charge in [0.1, 0.15) is 11.5 Å². The highest BCUT2D eigenvalue weighted by Gasteiger charge is 2.20. The van der Waals surface area contributed by atoms with Gasteiger partial charge in [0.25, 0.3) is 0 Å². The molecule has 2 aromatic rings. The Bertz CT molecular complexity index is 777. The number of aryl methyl sites for hydroxylation is 1. The van der Waals surface area contributed by atoms with Crippen molar-refractivity contribution in [2.75, 3.05) is 30.0 Å². The van der Waals surface area contributed by atoms with Gasteiger partial charge in [-0.2, -0.15) is 0 Å². The van der Waals surface area contributed by atoms with E-state index in [1.807, 2.05) is 24.3 Å². The van der Waals surface area contributed by atoms with Crippen molar-refractivity contribution in [3.8, 4) is 5.75 Å². The van der Waals surface area contributed by atoms with Gasteiger partial charge in [0.05, 0.1) is 18.1 Å². The van der Waals surface area contributed by atoms with Gasteiger partial charge in [-0.05, 0) is 25.0 Å². The van der Waals surface area contributed by atoms with Crippen LogP contribution in [0.15, 0.2) is 34.9 Å². The van der Waals surface area contributed by atoms with Crippen LogP contribution in [0.3, 0.4) is 0 Å². The highest BCUT2D eigenvalue weighted by molar-refractivity contribution is 8.00. The van der Waals surface area contributed by atoms with Crippen LogP contribution in [0, 0.1) is 12.8 Å². The van der Waals surface area contributed by atoms with E-state index in [2.05, 4.69) is 15.8 Å². The lowest BCUT2D eigenvalue weighted by atomic mass is 9.97. The summed E-state index contributed by atoms with van der Waals surface area (Å²) in [6, 6.07) is 9.60. The zero-order chi connectivity index (χ0) is 18.4. The maximum absolute atomic E-state index is 11.9. The average molecular weight is 375 g/mol. The first-order valence-electron chi connectivity index (χ1n) is 8.38. The van der Waals surface area contributed by atoms with Gasteiger partial charge in [-0.25, -0.2) is 0 Å². The van der Waals surface area contributed by atoms with Gasteiger partial charge in [0.15, 0.2) is 5.82 Å². The van der Waals surface area contributed by atoms with E-state index in [1.165, 1.54) is 17.3 Å². The van der Waals surface area contributed by atoms with Crippen molar-refractivity contribution < 1.29 is 18.8 Å². The molecule has 0 saturated heterocycles. The number of ether oxygens (including phenoxy) is 1. The van der Waals surface area contributed by atoms with E-state index in [0.717, 1.165) is 12.2 Å². The molecule has 2 amide bonds. The predicted octanol–water partition coefficient (Wildman–Crippen LogP) is 2.02. The molecule has 1 aromatic heterocycles. The van der Waals surface area contributed by atoms with E-state index in [4.69, 9.17) is 9.26 Å². The number of thioether (sulfide) groups is 1. The number of nitrogens with one attached hydrogen (secondary N) is 2. The van der Waals surface area contributed by atoms with Crippen LogP contribution in [0.5, 0.6) is 5.75 Å². The Morgan fingerprint density at radius 2 is 2.08 bits per heavy atom. The number of carbonyl (C=O) groups is 2. The van der Waals surface area contributed by atoms with Crippen LogP contribution < -0.4 is 15.4 Å². The molecular weight excluding hydrogens is 354 g/mol. The fraction of sp³-hybridized carbons (Fsp3) is 0.389. The Morgan fingerprint density at radius 1 is 1.27 bits per heavy atom. The molecule has 0 fully saturated rings. The van der Waals surface area contributed by atoms with Gasteiger partial charge in [-0.1, -0.05) is 23.4 Å². The van der Waals surface area contributed by atoms with Crippen LogP contribution in [0.4, 0.5) is 5.82 Å². The highest BCUT2D eigenvalue weighted by atomic mass is 32.2. The summed E-state index contributed by atoms with van der Waals surface area (Å²) in [4.78, 5) is 23.7. The van der Waals surface area contributed by atoms with E-state index in [1.54, 1.807) is 13.0 Å². The molecule has 7 nitrogen and oxygen atoms in total. The zero-order valence-corrected chi connectivity index (χ0v) is 15.3. The van der Waals surface area contributed by atoms with Crippen LogP contribution in [0.2, 0.25) is 0 Å². The molecule has 2 N–H and O–H groups in total. The molecule has 1 aliphatic rings. The van der Waals surface area contributed by atoms with Crippen molar-refractivity contribution in [2.45, 2.75) is 13.3 Å². The summed E-state index contributed by atoms with van der Waals surface area (Å²) >= 11 is 1.26. The van der Waals surface area contributed by atoms with Crippen molar-refractivity contribution in [1.82, 2.24) is 10.5 Å². The zero-order valence-electron chi connectivity index (χ0n) is 14.5. The van der Waals surface area contributed by atoms with Gasteiger partial charge in [0.2, 0.25) is 11.8 Å². The number of rotatable bonds is 7. The Morgan fingerprint density at radius 3 is 2.88 bits per heavy atom. The predicted molar refractivity (Wildman–Crippen MR) is 99.3 cm³/mol. The smallest absolute Gasteiger partial charge is 0.235 e. The molecule has 26 heavy (non-hydrogen) atoms. The van der Waals surface area contributed by atoms with Crippen LogP contribution in [-0.4, -0.2) is 41.6 Å². The minimum atomic E-state index is -0.214. The summed E-state index contributed by atoms with van der Waals surface area (Å²) in [6.45, 7) is 2.92. The largest absolute Gasteiger partial charge is 0.493 e. The molecule has 2 heterocycles. The number of benzene rings is 1. The molecule has 8 heteroatoms. The lowest BCUT2D eigenvalue weighted by molar-refractivity contribution is -0.118. The van der Waals surface area contributed by atoms with Crippen molar-refractivity contribution in [1.29, 1.82) is 0 Å². The average Bonchev–Trinajstić information content (AvgIpc) is 3.04. The summed E-state index contributed by atoms with van der Waals surface area (Å²) < 4.78 is 10.6. The summed E-state index contributed by atoms with van der Waals surface area (Å²) in [5.41, 5.74) is 1.17. The summed E-state index contributed by atoms with van der Waals surface area (Å²) in [6.07, 6.45) is 0.892. The number of aromatic nitrogens is 1. The molecule has 138 valence electrons. The lowest BCUT2D eigenvalue weighted by Crippen LogP contribution is -2.35. The van der Waals surface area contributed by atoms with E-state index in [-0.39, 0.29) is 29.2 Å². The van der Waals surface area contributed by atoms with Crippen molar-refractivity contribution in [3.63, 3.8) is 0 Å². The van der Waals surface area contributed by atoms with E-state index < -0.39 is 0 Å². The minimum absolute atomic E-state index is 0.0843. The standard InChI is InChI=1S/C18H21N3O4S/c1-12-6-16(21-25-12)20-18(23)11-26-10-17(22)19-8-13-7-14-4-2-3-5-15(14)24-9-13/h2-6,13H,7-11H2,1H3,(H,19,22)(H,20,21,23). The van der Waals surface area contributed by atoms with E-state index in [9.17, 15) is 9.59 Å². The third-order valence-electron chi connectivity index (χ3n) is 3.91. The normalized spacial score (nSPS) is 15.7. The molecule has 0 aliphatic carbocycles. The van der Waals surface area contributed by atoms with Crippen LogP contribution in [0.25, 0.3) is 0 Å². The summed E-state index contributed by atoms with van der Waals surface area (Å²) in [5.74, 6) is 2.31. The summed E-state index contributed by atoms with van der Waals surface area (Å²) in [5, 5.41) is 9.22. The molecule has 0 bridgehead atoms. The van der Waals surface area contributed by atoms with Gasteiger partial charge in [-0.3, -0.25) is 9.59 Å². The molecule has 0 spiro atoms. The third-order valence-corrected chi connectivity index (χ3v) is 4.84. The number of anilines is 1.